The fraction of sp³-hybridized carbons (Fsp3) is 0. The molecule has 9 rings (SSSR count). The minimum Gasteiger partial charge on any atom is -0.309 e. The first kappa shape index (κ1) is 21.5. The van der Waals surface area contributed by atoms with Gasteiger partial charge in [-0.2, -0.15) is 0 Å². The van der Waals surface area contributed by atoms with Crippen molar-refractivity contribution in [2.24, 2.45) is 0 Å². The Bertz CT molecular complexity index is 2370. The number of benzene rings is 6. The van der Waals surface area contributed by atoms with Crippen LogP contribution in [0.3, 0.4) is 0 Å². The minimum absolute atomic E-state index is 1.00. The maximum atomic E-state index is 5.16. The molecule has 0 aliphatic rings. The maximum absolute atomic E-state index is 5.16. The van der Waals surface area contributed by atoms with E-state index in [1.54, 1.807) is 0 Å². The summed E-state index contributed by atoms with van der Waals surface area (Å²) in [5.74, 6) is 0. The largest absolute Gasteiger partial charge is 0.309 e. The fourth-order valence-corrected chi connectivity index (χ4v) is 6.50. The van der Waals surface area contributed by atoms with E-state index in [1.165, 1.54) is 54.6 Å². The van der Waals surface area contributed by atoms with Gasteiger partial charge in [-0.3, -0.25) is 4.40 Å². The highest BCUT2D eigenvalue weighted by molar-refractivity contribution is 6.14. The van der Waals surface area contributed by atoms with Crippen LogP contribution in [0, 0.1) is 0 Å². The third kappa shape index (κ3) is 2.92. The number of aromatic nitrogens is 3. The van der Waals surface area contributed by atoms with Gasteiger partial charge >= 0.3 is 0 Å². The van der Waals surface area contributed by atoms with Crippen LogP contribution in [-0.4, -0.2) is 14.0 Å². The van der Waals surface area contributed by atoms with Crippen molar-refractivity contribution >= 4 is 60.2 Å². The predicted molar refractivity (Wildman–Crippen MR) is 167 cm³/mol. The van der Waals surface area contributed by atoms with Crippen LogP contribution >= 0.6 is 0 Å². The molecule has 0 unspecified atom stereocenters. The van der Waals surface area contributed by atoms with Gasteiger partial charge in [0.2, 0.25) is 0 Å². The van der Waals surface area contributed by atoms with Crippen molar-refractivity contribution in [3.63, 3.8) is 0 Å². The van der Waals surface area contributed by atoms with Crippen LogP contribution < -0.4 is 0 Å². The van der Waals surface area contributed by atoms with Gasteiger partial charge in [-0.1, -0.05) is 97.1 Å². The zero-order valence-electron chi connectivity index (χ0n) is 21.6. The van der Waals surface area contributed by atoms with E-state index >= 15 is 0 Å². The molecule has 0 radical (unpaired) electrons. The van der Waals surface area contributed by atoms with E-state index in [4.69, 9.17) is 4.98 Å². The molecule has 6 aromatic carbocycles. The average molecular weight is 510 g/mol. The number of para-hydroxylation sites is 3. The minimum atomic E-state index is 1.00. The number of pyridine rings is 1. The summed E-state index contributed by atoms with van der Waals surface area (Å²) >= 11 is 0. The molecule has 3 heteroatoms. The molecule has 0 aliphatic carbocycles. The lowest BCUT2D eigenvalue weighted by Crippen LogP contribution is -1.93. The molecule has 3 aromatic heterocycles. The van der Waals surface area contributed by atoms with E-state index in [0.717, 1.165) is 22.4 Å². The summed E-state index contributed by atoms with van der Waals surface area (Å²) in [4.78, 5) is 5.16. The molecule has 0 amide bonds. The zero-order valence-corrected chi connectivity index (χ0v) is 21.6. The normalized spacial score (nSPS) is 12.0. The highest BCUT2D eigenvalue weighted by atomic mass is 15.0. The molecule has 0 saturated heterocycles. The molecule has 0 bridgehead atoms. The first-order valence-electron chi connectivity index (χ1n) is 13.7. The van der Waals surface area contributed by atoms with E-state index in [9.17, 15) is 0 Å². The van der Waals surface area contributed by atoms with E-state index < -0.39 is 0 Å². The summed E-state index contributed by atoms with van der Waals surface area (Å²) in [5, 5.41) is 6.21. The van der Waals surface area contributed by atoms with Gasteiger partial charge in [0, 0.05) is 27.2 Å². The summed E-state index contributed by atoms with van der Waals surface area (Å²) in [6, 6.07) is 50.0. The summed E-state index contributed by atoms with van der Waals surface area (Å²) < 4.78 is 4.66. The molecular weight excluding hydrogens is 486 g/mol. The highest BCUT2D eigenvalue weighted by Gasteiger charge is 2.15. The summed E-state index contributed by atoms with van der Waals surface area (Å²) in [6.07, 6.45) is 0. The van der Waals surface area contributed by atoms with Crippen LogP contribution in [-0.2, 0) is 0 Å². The smallest absolute Gasteiger partial charge is 0.146 e. The Morgan fingerprint density at radius 2 is 0.925 bits per heavy atom. The SMILES string of the molecule is c1ccc2c(c1)c1ccccc1n1c3ccc(-c4ccc(-n5c6ccccc6c6ccccc65)cc4)cc3nc21. The Balaban J connectivity index is 1.21. The second kappa shape index (κ2) is 8.05. The lowest BCUT2D eigenvalue weighted by atomic mass is 10.0. The van der Waals surface area contributed by atoms with Crippen LogP contribution in [0.5, 0.6) is 0 Å². The zero-order chi connectivity index (χ0) is 26.2. The van der Waals surface area contributed by atoms with Crippen molar-refractivity contribution < 1.29 is 0 Å². The Hall–Kier alpha value is -5.41. The second-order valence-electron chi connectivity index (χ2n) is 10.5. The van der Waals surface area contributed by atoms with Crippen LogP contribution in [0.25, 0.3) is 77.0 Å². The standard InChI is InChI=1S/C37H23N3/c1-2-13-31-27(9-1)28-10-3-8-16-35(28)40-36-22-19-25(23-32(36)38-37(31)40)24-17-20-26(21-18-24)39-33-14-6-4-11-29(33)30-12-5-7-15-34(30)39/h1-23H. The second-order valence-corrected chi connectivity index (χ2v) is 10.5. The van der Waals surface area contributed by atoms with Crippen molar-refractivity contribution in [3.05, 3.63) is 140 Å². The first-order valence-corrected chi connectivity index (χ1v) is 13.7. The van der Waals surface area contributed by atoms with E-state index in [-0.39, 0.29) is 0 Å². The quantitative estimate of drug-likeness (QED) is 0.213. The molecule has 0 fully saturated rings. The number of rotatable bonds is 2. The lowest BCUT2D eigenvalue weighted by molar-refractivity contribution is 1.18. The lowest BCUT2D eigenvalue weighted by Gasteiger charge is -2.10. The Labute approximate surface area is 230 Å². The number of nitrogens with zero attached hydrogens (tertiary/aromatic N) is 3. The molecule has 9 aromatic rings. The Kier molecular flexibility index (Phi) is 4.33. The number of fused-ring (bicyclic) bond motifs is 11. The third-order valence-electron chi connectivity index (χ3n) is 8.30. The molecule has 3 nitrogen and oxygen atoms in total. The van der Waals surface area contributed by atoms with E-state index in [1.807, 2.05) is 0 Å². The molecular formula is C37H23N3. The molecule has 0 spiro atoms. The summed E-state index contributed by atoms with van der Waals surface area (Å²) in [5.41, 5.74) is 10.3. The maximum Gasteiger partial charge on any atom is 0.146 e. The number of hydrogen-bond donors (Lipinski definition) is 0. The van der Waals surface area contributed by atoms with Gasteiger partial charge in [-0.05, 0) is 59.0 Å². The van der Waals surface area contributed by atoms with Crippen molar-refractivity contribution in [1.29, 1.82) is 0 Å². The van der Waals surface area contributed by atoms with Crippen LogP contribution in [0.4, 0.5) is 0 Å². The predicted octanol–water partition coefficient (Wildman–Crippen LogP) is 9.56. The third-order valence-corrected chi connectivity index (χ3v) is 8.30. The van der Waals surface area contributed by atoms with Crippen LogP contribution in [0.1, 0.15) is 0 Å². The van der Waals surface area contributed by atoms with Gasteiger partial charge in [0.1, 0.15) is 5.65 Å². The number of hydrogen-bond acceptors (Lipinski definition) is 1. The highest BCUT2D eigenvalue weighted by Crippen LogP contribution is 2.35. The Morgan fingerprint density at radius 1 is 0.400 bits per heavy atom. The van der Waals surface area contributed by atoms with Crippen molar-refractivity contribution in [1.82, 2.24) is 14.0 Å². The molecule has 3 heterocycles. The van der Waals surface area contributed by atoms with Gasteiger partial charge in [-0.25, -0.2) is 4.98 Å². The summed E-state index contributed by atoms with van der Waals surface area (Å²) in [6.45, 7) is 0. The Morgan fingerprint density at radius 3 is 1.60 bits per heavy atom. The molecule has 0 saturated carbocycles. The first-order chi connectivity index (χ1) is 19.8. The van der Waals surface area contributed by atoms with Crippen molar-refractivity contribution in [2.45, 2.75) is 0 Å². The van der Waals surface area contributed by atoms with Crippen molar-refractivity contribution in [2.75, 3.05) is 0 Å². The van der Waals surface area contributed by atoms with Crippen LogP contribution in [0.2, 0.25) is 0 Å². The topological polar surface area (TPSA) is 22.2 Å². The van der Waals surface area contributed by atoms with Gasteiger partial charge in [0.05, 0.1) is 27.6 Å². The molecule has 0 atom stereocenters. The summed E-state index contributed by atoms with van der Waals surface area (Å²) in [7, 11) is 0. The monoisotopic (exact) mass is 509 g/mol. The molecule has 40 heavy (non-hydrogen) atoms. The molecule has 0 N–H and O–H groups in total. The van der Waals surface area contributed by atoms with Gasteiger partial charge in [0.25, 0.3) is 0 Å². The van der Waals surface area contributed by atoms with Crippen molar-refractivity contribution in [3.8, 4) is 16.8 Å². The molecule has 186 valence electrons. The van der Waals surface area contributed by atoms with Crippen LogP contribution in [0.15, 0.2) is 140 Å². The number of imidazole rings is 1. The van der Waals surface area contributed by atoms with Gasteiger partial charge in [0.15, 0.2) is 0 Å². The van der Waals surface area contributed by atoms with E-state index in [0.29, 0.717) is 0 Å². The fourth-order valence-electron chi connectivity index (χ4n) is 6.50. The average Bonchev–Trinajstić information content (AvgIpc) is 3.58. The van der Waals surface area contributed by atoms with Gasteiger partial charge in [-0.15, -0.1) is 0 Å². The van der Waals surface area contributed by atoms with E-state index in [2.05, 4.69) is 148 Å². The molecule has 0 aliphatic heterocycles. The van der Waals surface area contributed by atoms with Gasteiger partial charge < -0.3 is 4.57 Å².